The summed E-state index contributed by atoms with van der Waals surface area (Å²) in [5.74, 6) is 0. The van der Waals surface area contributed by atoms with Crippen molar-refractivity contribution < 1.29 is 4.43 Å². The molecule has 14 heavy (non-hydrogen) atoms. The zero-order chi connectivity index (χ0) is 11.2. The Bertz CT molecular complexity index is 237. The van der Waals surface area contributed by atoms with Gasteiger partial charge < -0.3 is 4.43 Å². The predicted molar refractivity (Wildman–Crippen MR) is 62.5 cm³/mol. The van der Waals surface area contributed by atoms with E-state index in [-0.39, 0.29) is 0 Å². The molecule has 80 valence electrons. The van der Waals surface area contributed by atoms with Crippen LogP contribution in [0.15, 0.2) is 12.2 Å². The SMILES string of the molecule is C/C=C\[C@](C#N)(CCC)O[Si](C)(C)C. The summed E-state index contributed by atoms with van der Waals surface area (Å²) < 4.78 is 5.95. The van der Waals surface area contributed by atoms with Crippen LogP contribution in [0, 0.1) is 11.3 Å². The van der Waals surface area contributed by atoms with Gasteiger partial charge in [-0.2, -0.15) is 5.26 Å². The van der Waals surface area contributed by atoms with Crippen LogP contribution in [0.5, 0.6) is 0 Å². The van der Waals surface area contributed by atoms with Crippen LogP contribution in [-0.2, 0) is 4.43 Å². The van der Waals surface area contributed by atoms with E-state index in [2.05, 4.69) is 32.6 Å². The predicted octanol–water partition coefficient (Wildman–Crippen LogP) is 3.48. The Hall–Kier alpha value is -0.593. The van der Waals surface area contributed by atoms with Gasteiger partial charge in [0.1, 0.15) is 6.07 Å². The highest BCUT2D eigenvalue weighted by molar-refractivity contribution is 6.69. The summed E-state index contributed by atoms with van der Waals surface area (Å²) in [5.41, 5.74) is -0.687. The Labute approximate surface area is 88.7 Å². The van der Waals surface area contributed by atoms with Gasteiger partial charge in [-0.25, -0.2) is 0 Å². The van der Waals surface area contributed by atoms with Gasteiger partial charge in [0.25, 0.3) is 0 Å². The fraction of sp³-hybridized carbons (Fsp3) is 0.727. The molecule has 0 radical (unpaired) electrons. The largest absolute Gasteiger partial charge is 0.397 e. The van der Waals surface area contributed by atoms with Crippen LogP contribution in [0.25, 0.3) is 0 Å². The van der Waals surface area contributed by atoms with Crippen LogP contribution >= 0.6 is 0 Å². The smallest absolute Gasteiger partial charge is 0.186 e. The third-order valence-electron chi connectivity index (χ3n) is 1.73. The molecule has 0 heterocycles. The molecule has 0 saturated heterocycles. The third-order valence-corrected chi connectivity index (χ3v) is 2.71. The molecule has 0 aliphatic carbocycles. The summed E-state index contributed by atoms with van der Waals surface area (Å²) in [6.07, 6.45) is 5.52. The molecule has 1 atom stereocenters. The topological polar surface area (TPSA) is 33.0 Å². The molecule has 0 aliphatic heterocycles. The van der Waals surface area contributed by atoms with Gasteiger partial charge >= 0.3 is 0 Å². The lowest BCUT2D eigenvalue weighted by molar-refractivity contribution is 0.159. The van der Waals surface area contributed by atoms with E-state index >= 15 is 0 Å². The lowest BCUT2D eigenvalue weighted by Gasteiger charge is -2.31. The summed E-state index contributed by atoms with van der Waals surface area (Å²) in [6.45, 7) is 10.3. The van der Waals surface area contributed by atoms with Gasteiger partial charge in [0.15, 0.2) is 13.9 Å². The zero-order valence-corrected chi connectivity index (χ0v) is 10.9. The van der Waals surface area contributed by atoms with Crippen molar-refractivity contribution in [1.82, 2.24) is 0 Å². The number of nitrogens with zero attached hydrogens (tertiary/aromatic N) is 1. The fourth-order valence-corrected chi connectivity index (χ4v) is 2.78. The number of hydrogen-bond donors (Lipinski definition) is 0. The number of rotatable bonds is 5. The van der Waals surface area contributed by atoms with Crippen LogP contribution < -0.4 is 0 Å². The molecule has 0 unspecified atom stereocenters. The Kier molecular flexibility index (Phi) is 5.10. The molecule has 0 fully saturated rings. The van der Waals surface area contributed by atoms with Gasteiger partial charge in [-0.05, 0) is 39.1 Å². The minimum absolute atomic E-state index is 0.687. The number of nitriles is 1. The van der Waals surface area contributed by atoms with E-state index in [0.29, 0.717) is 0 Å². The Balaban J connectivity index is 4.78. The maximum absolute atomic E-state index is 9.20. The van der Waals surface area contributed by atoms with Crippen molar-refractivity contribution in [2.24, 2.45) is 0 Å². The van der Waals surface area contributed by atoms with E-state index in [9.17, 15) is 5.26 Å². The normalized spacial score (nSPS) is 16.6. The lowest BCUT2D eigenvalue weighted by Crippen LogP contribution is -2.40. The van der Waals surface area contributed by atoms with E-state index in [4.69, 9.17) is 4.43 Å². The minimum Gasteiger partial charge on any atom is -0.397 e. The van der Waals surface area contributed by atoms with Gasteiger partial charge in [0, 0.05) is 0 Å². The minimum atomic E-state index is -1.66. The Morgan fingerprint density at radius 1 is 1.43 bits per heavy atom. The van der Waals surface area contributed by atoms with E-state index in [1.54, 1.807) is 0 Å². The van der Waals surface area contributed by atoms with Crippen LogP contribution in [0.2, 0.25) is 19.6 Å². The average molecular weight is 211 g/mol. The van der Waals surface area contributed by atoms with Crippen molar-refractivity contribution in [2.45, 2.75) is 51.9 Å². The van der Waals surface area contributed by atoms with E-state index < -0.39 is 13.9 Å². The first-order chi connectivity index (χ1) is 6.39. The summed E-state index contributed by atoms with van der Waals surface area (Å²) in [7, 11) is -1.66. The van der Waals surface area contributed by atoms with E-state index in [0.717, 1.165) is 12.8 Å². The first-order valence-electron chi connectivity index (χ1n) is 5.14. The van der Waals surface area contributed by atoms with Crippen molar-refractivity contribution in [2.75, 3.05) is 0 Å². The van der Waals surface area contributed by atoms with Gasteiger partial charge in [-0.3, -0.25) is 0 Å². The zero-order valence-electron chi connectivity index (χ0n) is 9.92. The summed E-state index contributed by atoms with van der Waals surface area (Å²) in [4.78, 5) is 0. The summed E-state index contributed by atoms with van der Waals surface area (Å²) in [5, 5.41) is 9.20. The van der Waals surface area contributed by atoms with Gasteiger partial charge in [-0.1, -0.05) is 19.4 Å². The van der Waals surface area contributed by atoms with Crippen LogP contribution in [-0.4, -0.2) is 13.9 Å². The second-order valence-electron chi connectivity index (χ2n) is 4.47. The molecule has 0 aromatic carbocycles. The van der Waals surface area contributed by atoms with Crippen molar-refractivity contribution in [3.8, 4) is 6.07 Å². The molecule has 0 aromatic rings. The van der Waals surface area contributed by atoms with Crippen molar-refractivity contribution in [3.63, 3.8) is 0 Å². The van der Waals surface area contributed by atoms with Gasteiger partial charge in [-0.15, -0.1) is 0 Å². The third kappa shape index (κ3) is 4.59. The molecule has 0 rings (SSSR count). The second-order valence-corrected chi connectivity index (χ2v) is 8.89. The second kappa shape index (κ2) is 5.33. The van der Waals surface area contributed by atoms with Gasteiger partial charge in [0.2, 0.25) is 0 Å². The van der Waals surface area contributed by atoms with E-state index in [1.165, 1.54) is 0 Å². The monoisotopic (exact) mass is 211 g/mol. The quantitative estimate of drug-likeness (QED) is 0.515. The van der Waals surface area contributed by atoms with Gasteiger partial charge in [0.05, 0.1) is 0 Å². The van der Waals surface area contributed by atoms with Crippen molar-refractivity contribution in [3.05, 3.63) is 12.2 Å². The molecule has 0 saturated carbocycles. The first kappa shape index (κ1) is 13.4. The molecular formula is C11H21NOSi. The standard InChI is InChI=1S/C11H21NOSi/c1-6-8-11(10-12,9-7-2)13-14(3,4)5/h6,8H,7,9H2,1-5H3/b8-6-/t11-/m1/s1. The number of allylic oxidation sites excluding steroid dienone is 1. The summed E-state index contributed by atoms with van der Waals surface area (Å²) >= 11 is 0. The molecule has 0 aliphatic rings. The molecule has 0 N–H and O–H groups in total. The molecule has 0 spiro atoms. The van der Waals surface area contributed by atoms with Crippen LogP contribution in [0.1, 0.15) is 26.7 Å². The van der Waals surface area contributed by atoms with Crippen molar-refractivity contribution >= 4 is 8.32 Å². The van der Waals surface area contributed by atoms with Crippen LogP contribution in [0.4, 0.5) is 0 Å². The molecule has 2 nitrogen and oxygen atoms in total. The average Bonchev–Trinajstić information content (AvgIpc) is 2.02. The fourth-order valence-electron chi connectivity index (χ4n) is 1.47. The van der Waals surface area contributed by atoms with Crippen LogP contribution in [0.3, 0.4) is 0 Å². The molecule has 0 aromatic heterocycles. The molecule has 3 heteroatoms. The first-order valence-corrected chi connectivity index (χ1v) is 8.55. The van der Waals surface area contributed by atoms with Crippen molar-refractivity contribution in [1.29, 1.82) is 5.26 Å². The Morgan fingerprint density at radius 2 is 2.00 bits per heavy atom. The highest BCUT2D eigenvalue weighted by atomic mass is 28.4. The highest BCUT2D eigenvalue weighted by Gasteiger charge is 2.32. The maximum atomic E-state index is 9.20. The lowest BCUT2D eigenvalue weighted by atomic mass is 10.00. The van der Waals surface area contributed by atoms with E-state index in [1.807, 2.05) is 19.1 Å². The maximum Gasteiger partial charge on any atom is 0.186 e. The molecule has 0 bridgehead atoms. The highest BCUT2D eigenvalue weighted by Crippen LogP contribution is 2.24. The molecule has 0 amide bonds. The Morgan fingerprint density at radius 3 is 2.29 bits per heavy atom. The number of hydrogen-bond acceptors (Lipinski definition) is 2. The summed E-state index contributed by atoms with van der Waals surface area (Å²) in [6, 6.07) is 2.30. The molecular weight excluding hydrogens is 190 g/mol.